The molecule has 2 N–H and O–H groups in total. The lowest BCUT2D eigenvalue weighted by Crippen LogP contribution is -2.24. The van der Waals surface area contributed by atoms with Gasteiger partial charge in [0.1, 0.15) is 9.39 Å². The summed E-state index contributed by atoms with van der Waals surface area (Å²) in [6, 6.07) is 0. The fourth-order valence-electron chi connectivity index (χ4n) is 0.829. The van der Waals surface area contributed by atoms with Gasteiger partial charge < -0.3 is 5.73 Å². The Morgan fingerprint density at radius 3 is 2.17 bits per heavy atom. The Balaban J connectivity index is 3.28. The van der Waals surface area contributed by atoms with Gasteiger partial charge in [0.15, 0.2) is 5.15 Å². The SMILES string of the molecule is CC(C)(C)n1nc(Cl)c(N)c1I. The molecule has 12 heavy (non-hydrogen) atoms. The standard InChI is InChI=1S/C7H11ClIN3/c1-7(2,3)12-6(9)4(10)5(8)11-12/h10H2,1-3H3. The highest BCUT2D eigenvalue weighted by molar-refractivity contribution is 14.1. The molecule has 0 aliphatic heterocycles. The maximum Gasteiger partial charge on any atom is 0.175 e. The van der Waals surface area contributed by atoms with Crippen molar-refractivity contribution in [3.05, 3.63) is 8.85 Å². The van der Waals surface area contributed by atoms with Gasteiger partial charge in [-0.3, -0.25) is 4.68 Å². The predicted molar refractivity (Wildman–Crippen MR) is 59.4 cm³/mol. The average Bonchev–Trinajstić information content (AvgIpc) is 2.15. The van der Waals surface area contributed by atoms with Crippen LogP contribution in [-0.4, -0.2) is 9.78 Å². The summed E-state index contributed by atoms with van der Waals surface area (Å²) in [5.41, 5.74) is 6.17. The molecule has 1 aromatic heterocycles. The first-order chi connectivity index (χ1) is 5.34. The zero-order valence-corrected chi connectivity index (χ0v) is 10.1. The number of aromatic nitrogens is 2. The van der Waals surface area contributed by atoms with Crippen LogP contribution in [0.5, 0.6) is 0 Å². The third-order valence-electron chi connectivity index (χ3n) is 1.45. The van der Waals surface area contributed by atoms with E-state index in [1.54, 1.807) is 0 Å². The first kappa shape index (κ1) is 10.1. The van der Waals surface area contributed by atoms with Gasteiger partial charge in [0.25, 0.3) is 0 Å². The molecule has 0 unspecified atom stereocenters. The molecule has 68 valence electrons. The van der Waals surface area contributed by atoms with Crippen molar-refractivity contribution in [2.24, 2.45) is 0 Å². The van der Waals surface area contributed by atoms with Crippen LogP contribution in [0.2, 0.25) is 5.15 Å². The summed E-state index contributed by atoms with van der Waals surface area (Å²) in [7, 11) is 0. The molecule has 0 atom stereocenters. The number of hydrogen-bond acceptors (Lipinski definition) is 2. The second-order valence-corrected chi connectivity index (χ2v) is 4.96. The van der Waals surface area contributed by atoms with E-state index in [9.17, 15) is 0 Å². The van der Waals surface area contributed by atoms with Gasteiger partial charge in [-0.2, -0.15) is 5.10 Å². The molecule has 0 spiro atoms. The number of nitrogen functional groups attached to an aromatic ring is 1. The van der Waals surface area contributed by atoms with E-state index < -0.39 is 0 Å². The second-order valence-electron chi connectivity index (χ2n) is 3.58. The molecule has 1 rings (SSSR count). The average molecular weight is 300 g/mol. The molecule has 0 aromatic carbocycles. The molecule has 0 radical (unpaired) electrons. The number of nitrogens with two attached hydrogens (primary N) is 1. The topological polar surface area (TPSA) is 43.8 Å². The van der Waals surface area contributed by atoms with Crippen molar-refractivity contribution >= 4 is 39.9 Å². The molecule has 0 aliphatic rings. The van der Waals surface area contributed by atoms with Crippen LogP contribution in [0.15, 0.2) is 0 Å². The van der Waals surface area contributed by atoms with E-state index in [4.69, 9.17) is 17.3 Å². The van der Waals surface area contributed by atoms with Crippen LogP contribution >= 0.6 is 34.2 Å². The van der Waals surface area contributed by atoms with Crippen molar-refractivity contribution in [1.29, 1.82) is 0 Å². The fourth-order valence-corrected chi connectivity index (χ4v) is 2.24. The van der Waals surface area contributed by atoms with Crippen LogP contribution in [0.4, 0.5) is 5.69 Å². The van der Waals surface area contributed by atoms with Crippen LogP contribution in [0.3, 0.4) is 0 Å². The smallest absolute Gasteiger partial charge is 0.175 e. The predicted octanol–water partition coefficient (Wildman–Crippen LogP) is 2.48. The lowest BCUT2D eigenvalue weighted by Gasteiger charge is -2.20. The highest BCUT2D eigenvalue weighted by Crippen LogP contribution is 2.27. The van der Waals surface area contributed by atoms with Crippen molar-refractivity contribution in [2.75, 3.05) is 5.73 Å². The summed E-state index contributed by atoms with van der Waals surface area (Å²) in [6.45, 7) is 6.16. The van der Waals surface area contributed by atoms with E-state index in [1.807, 2.05) is 4.68 Å². The van der Waals surface area contributed by atoms with Crippen molar-refractivity contribution in [1.82, 2.24) is 9.78 Å². The Kier molecular flexibility index (Phi) is 2.58. The maximum atomic E-state index is 5.78. The number of nitrogens with zero attached hydrogens (tertiary/aromatic N) is 2. The van der Waals surface area contributed by atoms with Gasteiger partial charge in [-0.1, -0.05) is 11.6 Å². The van der Waals surface area contributed by atoms with Crippen LogP contribution in [-0.2, 0) is 5.54 Å². The molecular weight excluding hydrogens is 288 g/mol. The Morgan fingerprint density at radius 1 is 1.50 bits per heavy atom. The molecule has 0 bridgehead atoms. The summed E-state index contributed by atoms with van der Waals surface area (Å²) in [6.07, 6.45) is 0. The Hall–Kier alpha value is 0.0300. The summed E-state index contributed by atoms with van der Waals surface area (Å²) < 4.78 is 2.72. The molecule has 1 aromatic rings. The maximum absolute atomic E-state index is 5.78. The van der Waals surface area contributed by atoms with Crippen molar-refractivity contribution in [3.8, 4) is 0 Å². The Morgan fingerprint density at radius 2 is 2.00 bits per heavy atom. The molecule has 1 heterocycles. The van der Waals surface area contributed by atoms with E-state index in [0.717, 1.165) is 3.70 Å². The zero-order valence-electron chi connectivity index (χ0n) is 7.23. The minimum absolute atomic E-state index is 0.0716. The fraction of sp³-hybridized carbons (Fsp3) is 0.571. The number of hydrogen-bond donors (Lipinski definition) is 1. The molecule has 5 heteroatoms. The van der Waals surface area contributed by atoms with Gasteiger partial charge in [0.2, 0.25) is 0 Å². The normalized spacial score (nSPS) is 12.1. The minimum Gasteiger partial charge on any atom is -0.394 e. The van der Waals surface area contributed by atoms with E-state index in [1.165, 1.54) is 0 Å². The molecule has 3 nitrogen and oxygen atoms in total. The molecule has 0 saturated carbocycles. The summed E-state index contributed by atoms with van der Waals surface area (Å²) in [5.74, 6) is 0. The first-order valence-electron chi connectivity index (χ1n) is 3.54. The van der Waals surface area contributed by atoms with Crippen molar-refractivity contribution in [3.63, 3.8) is 0 Å². The summed E-state index contributed by atoms with van der Waals surface area (Å²) in [4.78, 5) is 0. The highest BCUT2D eigenvalue weighted by Gasteiger charge is 2.20. The van der Waals surface area contributed by atoms with E-state index >= 15 is 0 Å². The van der Waals surface area contributed by atoms with Gasteiger partial charge in [0, 0.05) is 0 Å². The van der Waals surface area contributed by atoms with Crippen LogP contribution < -0.4 is 5.73 Å². The zero-order chi connectivity index (χ0) is 9.52. The monoisotopic (exact) mass is 299 g/mol. The van der Waals surface area contributed by atoms with Crippen LogP contribution in [0.25, 0.3) is 0 Å². The molecule has 0 saturated heterocycles. The highest BCUT2D eigenvalue weighted by atomic mass is 127. The Labute approximate surface area is 90.4 Å². The Bertz CT molecular complexity index is 300. The van der Waals surface area contributed by atoms with Gasteiger partial charge >= 0.3 is 0 Å². The molecule has 0 aliphatic carbocycles. The van der Waals surface area contributed by atoms with Crippen molar-refractivity contribution in [2.45, 2.75) is 26.3 Å². The summed E-state index contributed by atoms with van der Waals surface area (Å²) in [5, 5.41) is 4.51. The van der Waals surface area contributed by atoms with Crippen LogP contribution in [0, 0.1) is 3.70 Å². The number of rotatable bonds is 0. The van der Waals surface area contributed by atoms with Gasteiger partial charge in [-0.05, 0) is 43.4 Å². The third kappa shape index (κ3) is 1.69. The molecular formula is C7H11ClIN3. The van der Waals surface area contributed by atoms with Gasteiger partial charge in [-0.25, -0.2) is 0 Å². The number of anilines is 1. The van der Waals surface area contributed by atoms with E-state index in [-0.39, 0.29) is 5.54 Å². The lowest BCUT2D eigenvalue weighted by atomic mass is 10.1. The molecule has 0 amide bonds. The van der Waals surface area contributed by atoms with E-state index in [2.05, 4.69) is 48.5 Å². The molecule has 0 fully saturated rings. The summed E-state index contributed by atoms with van der Waals surface area (Å²) >= 11 is 7.92. The van der Waals surface area contributed by atoms with Crippen molar-refractivity contribution < 1.29 is 0 Å². The third-order valence-corrected chi connectivity index (χ3v) is 2.77. The van der Waals surface area contributed by atoms with Gasteiger partial charge in [0.05, 0.1) is 5.54 Å². The largest absolute Gasteiger partial charge is 0.394 e. The quantitative estimate of drug-likeness (QED) is 0.748. The van der Waals surface area contributed by atoms with E-state index in [0.29, 0.717) is 10.8 Å². The lowest BCUT2D eigenvalue weighted by molar-refractivity contribution is 0.348. The first-order valence-corrected chi connectivity index (χ1v) is 4.99. The van der Waals surface area contributed by atoms with Gasteiger partial charge in [-0.15, -0.1) is 0 Å². The minimum atomic E-state index is -0.0716. The number of halogens is 2. The van der Waals surface area contributed by atoms with Crippen LogP contribution in [0.1, 0.15) is 20.8 Å². The second kappa shape index (κ2) is 3.06.